The van der Waals surface area contributed by atoms with Crippen molar-refractivity contribution in [3.63, 3.8) is 0 Å². The number of hydrogen-bond donors (Lipinski definition) is 0. The summed E-state index contributed by atoms with van der Waals surface area (Å²) in [6, 6.07) is 7.42. The van der Waals surface area contributed by atoms with E-state index < -0.39 is 0 Å². The number of pyridine rings is 1. The van der Waals surface area contributed by atoms with Crippen LogP contribution >= 0.6 is 11.8 Å². The molecule has 2 aromatic heterocycles. The molecule has 0 saturated heterocycles. The standard InChI is InChI=1S/C18H15FN4OS/c1-12-9-14(11-20-10-12)17-21-22-18(23(17)2)25-8-7-16(24)13-3-5-15(19)6-4-13/h3-11H,1-2H3/b8-7+. The van der Waals surface area contributed by atoms with Crippen molar-refractivity contribution in [3.8, 4) is 11.4 Å². The van der Waals surface area contributed by atoms with Crippen molar-refractivity contribution in [2.24, 2.45) is 7.05 Å². The highest BCUT2D eigenvalue weighted by Crippen LogP contribution is 2.23. The number of carbonyl (C=O) groups excluding carboxylic acids is 1. The molecule has 0 spiro atoms. The highest BCUT2D eigenvalue weighted by atomic mass is 32.2. The van der Waals surface area contributed by atoms with Crippen LogP contribution in [0.1, 0.15) is 15.9 Å². The Labute approximate surface area is 148 Å². The largest absolute Gasteiger partial charge is 0.305 e. The summed E-state index contributed by atoms with van der Waals surface area (Å²) in [5, 5.41) is 10.6. The monoisotopic (exact) mass is 354 g/mol. The quantitative estimate of drug-likeness (QED) is 0.396. The van der Waals surface area contributed by atoms with Gasteiger partial charge in [0, 0.05) is 30.6 Å². The minimum atomic E-state index is -0.368. The Kier molecular flexibility index (Phi) is 5.04. The van der Waals surface area contributed by atoms with E-state index in [2.05, 4.69) is 15.2 Å². The fraction of sp³-hybridized carbons (Fsp3) is 0.111. The maximum absolute atomic E-state index is 12.9. The molecule has 0 unspecified atom stereocenters. The van der Waals surface area contributed by atoms with Gasteiger partial charge in [0.2, 0.25) is 0 Å². The SMILES string of the molecule is Cc1cncc(-c2nnc(S/C=C/C(=O)c3ccc(F)cc3)n2C)c1. The lowest BCUT2D eigenvalue weighted by Crippen LogP contribution is -1.95. The van der Waals surface area contributed by atoms with Gasteiger partial charge in [-0.3, -0.25) is 9.78 Å². The van der Waals surface area contributed by atoms with E-state index in [4.69, 9.17) is 0 Å². The van der Waals surface area contributed by atoms with Gasteiger partial charge in [-0.15, -0.1) is 10.2 Å². The molecule has 25 heavy (non-hydrogen) atoms. The molecule has 2 heterocycles. The molecule has 5 nitrogen and oxygen atoms in total. The highest BCUT2D eigenvalue weighted by molar-refractivity contribution is 8.02. The molecule has 0 bridgehead atoms. The average Bonchev–Trinajstić information content (AvgIpc) is 2.96. The number of carbonyl (C=O) groups is 1. The number of thioether (sulfide) groups is 1. The summed E-state index contributed by atoms with van der Waals surface area (Å²) in [7, 11) is 1.86. The third kappa shape index (κ3) is 4.00. The van der Waals surface area contributed by atoms with Gasteiger partial charge in [0.25, 0.3) is 0 Å². The molecular weight excluding hydrogens is 339 g/mol. The second-order valence-electron chi connectivity index (χ2n) is 5.41. The van der Waals surface area contributed by atoms with Gasteiger partial charge < -0.3 is 4.57 Å². The van der Waals surface area contributed by atoms with Crippen molar-refractivity contribution >= 4 is 17.5 Å². The molecule has 0 fully saturated rings. The van der Waals surface area contributed by atoms with Gasteiger partial charge in [0.05, 0.1) is 0 Å². The van der Waals surface area contributed by atoms with Gasteiger partial charge >= 0.3 is 0 Å². The van der Waals surface area contributed by atoms with Crippen molar-refractivity contribution in [3.05, 3.63) is 71.2 Å². The molecule has 3 rings (SSSR count). The van der Waals surface area contributed by atoms with E-state index in [1.54, 1.807) is 17.8 Å². The summed E-state index contributed by atoms with van der Waals surface area (Å²) >= 11 is 1.29. The number of nitrogens with zero attached hydrogens (tertiary/aromatic N) is 4. The number of allylic oxidation sites excluding steroid dienone is 1. The van der Waals surface area contributed by atoms with Crippen molar-refractivity contribution in [2.45, 2.75) is 12.1 Å². The zero-order chi connectivity index (χ0) is 17.8. The molecule has 1 aromatic carbocycles. The third-order valence-electron chi connectivity index (χ3n) is 3.49. The number of halogens is 1. The number of ketones is 1. The smallest absolute Gasteiger partial charge is 0.195 e. The third-order valence-corrected chi connectivity index (χ3v) is 4.33. The first-order valence-electron chi connectivity index (χ1n) is 7.49. The maximum Gasteiger partial charge on any atom is 0.195 e. The first kappa shape index (κ1) is 17.0. The Bertz CT molecular complexity index is 935. The second-order valence-corrected chi connectivity index (χ2v) is 6.28. The number of hydrogen-bond acceptors (Lipinski definition) is 5. The zero-order valence-electron chi connectivity index (χ0n) is 13.7. The van der Waals surface area contributed by atoms with Crippen LogP contribution in [-0.2, 0) is 7.05 Å². The van der Waals surface area contributed by atoms with Crippen LogP contribution in [0.15, 0.2) is 59.4 Å². The summed E-state index contributed by atoms with van der Waals surface area (Å²) < 4.78 is 14.7. The molecule has 3 aromatic rings. The number of rotatable bonds is 5. The van der Waals surface area contributed by atoms with Crippen LogP contribution in [-0.4, -0.2) is 25.5 Å². The van der Waals surface area contributed by atoms with E-state index in [-0.39, 0.29) is 11.6 Å². The molecule has 0 aliphatic carbocycles. The number of aryl methyl sites for hydroxylation is 1. The van der Waals surface area contributed by atoms with E-state index in [1.165, 1.54) is 42.1 Å². The predicted molar refractivity (Wildman–Crippen MR) is 94.7 cm³/mol. The molecule has 0 aliphatic rings. The van der Waals surface area contributed by atoms with E-state index in [0.717, 1.165) is 11.1 Å². The molecule has 7 heteroatoms. The molecule has 0 aliphatic heterocycles. The topological polar surface area (TPSA) is 60.7 Å². The van der Waals surface area contributed by atoms with E-state index in [9.17, 15) is 9.18 Å². The van der Waals surface area contributed by atoms with Crippen LogP contribution in [0.2, 0.25) is 0 Å². The first-order valence-corrected chi connectivity index (χ1v) is 8.37. The van der Waals surface area contributed by atoms with Gasteiger partial charge in [-0.1, -0.05) is 11.8 Å². The Morgan fingerprint density at radius 1 is 1.20 bits per heavy atom. The van der Waals surface area contributed by atoms with Gasteiger partial charge in [0.1, 0.15) is 5.82 Å². The van der Waals surface area contributed by atoms with Crippen LogP contribution in [0, 0.1) is 12.7 Å². The fourth-order valence-corrected chi connectivity index (χ4v) is 2.86. The van der Waals surface area contributed by atoms with E-state index in [1.807, 2.05) is 24.6 Å². The number of benzene rings is 1. The van der Waals surface area contributed by atoms with Gasteiger partial charge in [-0.25, -0.2) is 4.39 Å². The Hall–Kier alpha value is -2.80. The molecular formula is C18H15FN4OS. The zero-order valence-corrected chi connectivity index (χ0v) is 14.5. The molecule has 0 N–H and O–H groups in total. The Balaban J connectivity index is 1.72. The minimum absolute atomic E-state index is 0.197. The Morgan fingerprint density at radius 3 is 2.68 bits per heavy atom. The molecule has 0 atom stereocenters. The van der Waals surface area contributed by atoms with Crippen molar-refractivity contribution < 1.29 is 9.18 Å². The molecule has 0 radical (unpaired) electrons. The summed E-state index contributed by atoms with van der Waals surface area (Å²) in [5.74, 6) is 0.141. The normalized spacial score (nSPS) is 11.2. The molecule has 0 saturated carbocycles. The van der Waals surface area contributed by atoms with Crippen LogP contribution < -0.4 is 0 Å². The summed E-state index contributed by atoms with van der Waals surface area (Å²) in [4.78, 5) is 16.2. The van der Waals surface area contributed by atoms with Crippen LogP contribution in [0.5, 0.6) is 0 Å². The van der Waals surface area contributed by atoms with Crippen LogP contribution in [0.4, 0.5) is 4.39 Å². The number of aromatic nitrogens is 4. The first-order chi connectivity index (χ1) is 12.0. The second kappa shape index (κ2) is 7.40. The summed E-state index contributed by atoms with van der Waals surface area (Å²) in [6.45, 7) is 1.96. The van der Waals surface area contributed by atoms with Crippen LogP contribution in [0.25, 0.3) is 11.4 Å². The molecule has 0 amide bonds. The van der Waals surface area contributed by atoms with E-state index >= 15 is 0 Å². The fourth-order valence-electron chi connectivity index (χ4n) is 2.21. The molecule has 126 valence electrons. The maximum atomic E-state index is 12.9. The van der Waals surface area contributed by atoms with E-state index in [0.29, 0.717) is 16.5 Å². The van der Waals surface area contributed by atoms with Crippen molar-refractivity contribution in [2.75, 3.05) is 0 Å². The lowest BCUT2D eigenvalue weighted by Gasteiger charge is -2.02. The van der Waals surface area contributed by atoms with Gasteiger partial charge in [0.15, 0.2) is 16.8 Å². The predicted octanol–water partition coefficient (Wildman–Crippen LogP) is 3.81. The summed E-state index contributed by atoms with van der Waals surface area (Å²) in [5.41, 5.74) is 2.36. The van der Waals surface area contributed by atoms with Crippen LogP contribution in [0.3, 0.4) is 0 Å². The Morgan fingerprint density at radius 2 is 1.96 bits per heavy atom. The minimum Gasteiger partial charge on any atom is -0.305 e. The van der Waals surface area contributed by atoms with Crippen molar-refractivity contribution in [1.29, 1.82) is 0 Å². The summed E-state index contributed by atoms with van der Waals surface area (Å²) in [6.07, 6.45) is 4.94. The van der Waals surface area contributed by atoms with Crippen molar-refractivity contribution in [1.82, 2.24) is 19.7 Å². The van der Waals surface area contributed by atoms with Gasteiger partial charge in [-0.05, 0) is 54.3 Å². The highest BCUT2D eigenvalue weighted by Gasteiger charge is 2.11. The van der Waals surface area contributed by atoms with Gasteiger partial charge in [-0.2, -0.15) is 0 Å². The lowest BCUT2D eigenvalue weighted by atomic mass is 10.1. The lowest BCUT2D eigenvalue weighted by molar-refractivity contribution is 0.104. The average molecular weight is 354 g/mol.